The van der Waals surface area contributed by atoms with Gasteiger partial charge in [0.2, 0.25) is 5.91 Å². The second-order valence-corrected chi connectivity index (χ2v) is 3.76. The van der Waals surface area contributed by atoms with Crippen molar-refractivity contribution in [3.8, 4) is 0 Å². The lowest BCUT2D eigenvalue weighted by atomic mass is 10.0. The zero-order valence-corrected chi connectivity index (χ0v) is 8.86. The molecule has 1 aromatic rings. The maximum atomic E-state index is 11.4. The summed E-state index contributed by atoms with van der Waals surface area (Å²) in [4.78, 5) is 23.8. The summed E-state index contributed by atoms with van der Waals surface area (Å²) in [5.41, 5.74) is 2.29. The number of nitrogens with zero attached hydrogens (tertiary/aromatic N) is 1. The number of aliphatic carboxylic acids is 1. The zero-order valence-electron chi connectivity index (χ0n) is 8.86. The van der Waals surface area contributed by atoms with E-state index in [9.17, 15) is 9.59 Å². The van der Waals surface area contributed by atoms with Crippen LogP contribution in [0.5, 0.6) is 0 Å². The second-order valence-electron chi connectivity index (χ2n) is 3.76. The van der Waals surface area contributed by atoms with Gasteiger partial charge in [-0.25, -0.2) is 4.79 Å². The van der Waals surface area contributed by atoms with Crippen LogP contribution in [0.3, 0.4) is 0 Å². The van der Waals surface area contributed by atoms with E-state index < -0.39 is 5.97 Å². The first-order chi connectivity index (χ1) is 7.50. The summed E-state index contributed by atoms with van der Waals surface area (Å²) >= 11 is 0. The molecule has 0 spiro atoms. The summed E-state index contributed by atoms with van der Waals surface area (Å²) in [5.74, 6) is -1.02. The normalized spacial score (nSPS) is 13.8. The lowest BCUT2D eigenvalue weighted by Crippen LogP contribution is -2.20. The highest BCUT2D eigenvalue weighted by atomic mass is 16.4. The molecule has 0 aromatic heterocycles. The number of fused-ring (bicyclic) bond motifs is 1. The summed E-state index contributed by atoms with van der Waals surface area (Å²) in [7, 11) is 1.71. The van der Waals surface area contributed by atoms with Crippen molar-refractivity contribution < 1.29 is 14.7 Å². The molecule has 0 saturated heterocycles. The van der Waals surface area contributed by atoms with Crippen LogP contribution in [0.15, 0.2) is 24.8 Å². The Morgan fingerprint density at radius 2 is 2.19 bits per heavy atom. The molecule has 1 N–H and O–H groups in total. The van der Waals surface area contributed by atoms with Gasteiger partial charge in [0.1, 0.15) is 0 Å². The van der Waals surface area contributed by atoms with Gasteiger partial charge in [0.05, 0.1) is 12.0 Å². The maximum absolute atomic E-state index is 11.4. The van der Waals surface area contributed by atoms with Gasteiger partial charge in [0, 0.05) is 12.7 Å². The third kappa shape index (κ3) is 1.48. The van der Waals surface area contributed by atoms with Crippen LogP contribution in [0.2, 0.25) is 0 Å². The molecule has 0 fully saturated rings. The molecule has 4 nitrogen and oxygen atoms in total. The number of carbonyl (C=O) groups excluding carboxylic acids is 1. The zero-order chi connectivity index (χ0) is 11.9. The van der Waals surface area contributed by atoms with Crippen molar-refractivity contribution in [1.82, 2.24) is 0 Å². The number of likely N-dealkylation sites (N-methyl/N-ethyl adjacent to an activating group) is 1. The number of carboxylic acid groups (broad SMARTS) is 1. The first-order valence-corrected chi connectivity index (χ1v) is 4.82. The summed E-state index contributed by atoms with van der Waals surface area (Å²) < 4.78 is 0. The van der Waals surface area contributed by atoms with E-state index in [0.717, 1.165) is 11.3 Å². The minimum absolute atomic E-state index is 0.0214. The smallest absolute Gasteiger partial charge is 0.335 e. The monoisotopic (exact) mass is 217 g/mol. The van der Waals surface area contributed by atoms with Crippen LogP contribution in [0, 0.1) is 0 Å². The average molecular weight is 217 g/mol. The minimum atomic E-state index is -1.04. The van der Waals surface area contributed by atoms with Crippen LogP contribution in [-0.2, 0) is 16.0 Å². The highest BCUT2D eigenvalue weighted by Gasteiger charge is 2.24. The number of carbonyl (C=O) groups is 2. The van der Waals surface area contributed by atoms with Crippen LogP contribution in [0.4, 0.5) is 5.69 Å². The molecule has 1 heterocycles. The molecule has 1 aliphatic heterocycles. The molecule has 82 valence electrons. The van der Waals surface area contributed by atoms with Crippen LogP contribution >= 0.6 is 0 Å². The van der Waals surface area contributed by atoms with Crippen molar-refractivity contribution in [1.29, 1.82) is 0 Å². The molecule has 0 unspecified atom stereocenters. The molecule has 1 aliphatic rings. The standard InChI is InChI=1S/C12H11NO3/c1-7(12(15)16)8-3-4-10-9(5-8)6-11(14)13(10)2/h3-5H,1,6H2,2H3,(H,15,16). The van der Waals surface area contributed by atoms with Crippen molar-refractivity contribution in [2.45, 2.75) is 6.42 Å². The lowest BCUT2D eigenvalue weighted by Gasteiger charge is -2.10. The fourth-order valence-electron chi connectivity index (χ4n) is 1.78. The minimum Gasteiger partial charge on any atom is -0.478 e. The third-order valence-electron chi connectivity index (χ3n) is 2.76. The first kappa shape index (κ1) is 10.4. The molecule has 0 bridgehead atoms. The number of amides is 1. The first-order valence-electron chi connectivity index (χ1n) is 4.82. The van der Waals surface area contributed by atoms with Crippen LogP contribution < -0.4 is 4.90 Å². The Hall–Kier alpha value is -2.10. The highest BCUT2D eigenvalue weighted by molar-refractivity contribution is 6.15. The maximum Gasteiger partial charge on any atom is 0.335 e. The molecule has 0 saturated carbocycles. The predicted molar refractivity (Wildman–Crippen MR) is 60.2 cm³/mol. The van der Waals surface area contributed by atoms with E-state index in [4.69, 9.17) is 5.11 Å². The van der Waals surface area contributed by atoms with Gasteiger partial charge in [-0.2, -0.15) is 0 Å². The van der Waals surface area contributed by atoms with Crippen molar-refractivity contribution in [3.05, 3.63) is 35.9 Å². The molecule has 2 rings (SSSR count). The van der Waals surface area contributed by atoms with Gasteiger partial charge in [-0.05, 0) is 23.3 Å². The molecule has 1 amide bonds. The van der Waals surface area contributed by atoms with Crippen molar-refractivity contribution >= 4 is 23.1 Å². The van der Waals surface area contributed by atoms with E-state index in [-0.39, 0.29) is 11.5 Å². The number of hydrogen-bond acceptors (Lipinski definition) is 2. The summed E-state index contributed by atoms with van der Waals surface area (Å²) in [6, 6.07) is 5.14. The Morgan fingerprint density at radius 3 is 2.81 bits per heavy atom. The molecule has 4 heteroatoms. The van der Waals surface area contributed by atoms with Crippen molar-refractivity contribution in [3.63, 3.8) is 0 Å². The van der Waals surface area contributed by atoms with Crippen molar-refractivity contribution in [2.24, 2.45) is 0 Å². The van der Waals surface area contributed by atoms with Gasteiger partial charge in [0.25, 0.3) is 0 Å². The van der Waals surface area contributed by atoms with Gasteiger partial charge in [-0.1, -0.05) is 12.6 Å². The molecular weight excluding hydrogens is 206 g/mol. The molecular formula is C12H11NO3. The average Bonchev–Trinajstić information content (AvgIpc) is 2.53. The molecule has 0 aliphatic carbocycles. The second kappa shape index (κ2) is 3.48. The molecule has 0 radical (unpaired) electrons. The van der Waals surface area contributed by atoms with Gasteiger partial charge in [-0.3, -0.25) is 4.79 Å². The SMILES string of the molecule is C=C(C(=O)O)c1ccc2c(c1)CC(=O)N2C. The fraction of sp³-hybridized carbons (Fsp3) is 0.167. The Labute approximate surface area is 92.8 Å². The van der Waals surface area contributed by atoms with E-state index in [1.807, 2.05) is 0 Å². The molecule has 16 heavy (non-hydrogen) atoms. The van der Waals surface area contributed by atoms with E-state index in [1.54, 1.807) is 30.1 Å². The van der Waals surface area contributed by atoms with E-state index in [2.05, 4.69) is 6.58 Å². The predicted octanol–water partition coefficient (Wildman–Crippen LogP) is 1.30. The van der Waals surface area contributed by atoms with Crippen LogP contribution in [-0.4, -0.2) is 24.0 Å². The highest BCUT2D eigenvalue weighted by Crippen LogP contribution is 2.30. The van der Waals surface area contributed by atoms with Gasteiger partial charge >= 0.3 is 5.97 Å². The van der Waals surface area contributed by atoms with Gasteiger partial charge in [-0.15, -0.1) is 0 Å². The van der Waals surface area contributed by atoms with Crippen LogP contribution in [0.1, 0.15) is 11.1 Å². The molecule has 1 aromatic carbocycles. The van der Waals surface area contributed by atoms with Crippen LogP contribution in [0.25, 0.3) is 5.57 Å². The largest absolute Gasteiger partial charge is 0.478 e. The number of rotatable bonds is 2. The quantitative estimate of drug-likeness (QED) is 0.760. The van der Waals surface area contributed by atoms with Crippen molar-refractivity contribution in [2.75, 3.05) is 11.9 Å². The number of anilines is 1. The topological polar surface area (TPSA) is 57.6 Å². The number of hydrogen-bond donors (Lipinski definition) is 1. The summed E-state index contributed by atoms with van der Waals surface area (Å²) in [6.07, 6.45) is 0.326. The lowest BCUT2D eigenvalue weighted by molar-refractivity contribution is -0.130. The number of benzene rings is 1. The Kier molecular flexibility index (Phi) is 2.27. The fourth-order valence-corrected chi connectivity index (χ4v) is 1.78. The Balaban J connectivity index is 2.43. The van der Waals surface area contributed by atoms with E-state index >= 15 is 0 Å². The summed E-state index contributed by atoms with van der Waals surface area (Å²) in [6.45, 7) is 3.49. The summed E-state index contributed by atoms with van der Waals surface area (Å²) in [5, 5.41) is 8.81. The van der Waals surface area contributed by atoms with Gasteiger partial charge < -0.3 is 10.0 Å². The van der Waals surface area contributed by atoms with E-state index in [1.165, 1.54) is 0 Å². The number of carboxylic acids is 1. The Morgan fingerprint density at radius 1 is 1.50 bits per heavy atom. The Bertz CT molecular complexity index is 505. The van der Waals surface area contributed by atoms with Gasteiger partial charge in [0.15, 0.2) is 0 Å². The third-order valence-corrected chi connectivity index (χ3v) is 2.76. The van der Waals surface area contributed by atoms with E-state index in [0.29, 0.717) is 12.0 Å². The molecule has 0 atom stereocenters.